The molecule has 2 aromatic rings. The highest BCUT2D eigenvalue weighted by atomic mass is 16.5. The van der Waals surface area contributed by atoms with Gasteiger partial charge < -0.3 is 15.0 Å². The van der Waals surface area contributed by atoms with Crippen LogP contribution in [0.15, 0.2) is 0 Å². The minimum absolute atomic E-state index is 0.227. The van der Waals surface area contributed by atoms with Gasteiger partial charge in [0.05, 0.1) is 17.9 Å². The van der Waals surface area contributed by atoms with E-state index in [2.05, 4.69) is 15.4 Å². The quantitative estimate of drug-likeness (QED) is 0.784. The van der Waals surface area contributed by atoms with Crippen molar-refractivity contribution < 1.29 is 14.3 Å². The van der Waals surface area contributed by atoms with Crippen molar-refractivity contribution in [3.63, 3.8) is 0 Å². The number of aryl methyl sites for hydroxylation is 3. The average Bonchev–Trinajstić information content (AvgIpc) is 2.97. The Morgan fingerprint density at radius 2 is 1.92 bits per heavy atom. The number of nitrogens with one attached hydrogen (secondary N) is 2. The lowest BCUT2D eigenvalue weighted by Gasteiger charge is -2.06. The minimum Gasteiger partial charge on any atom is -0.462 e. The van der Waals surface area contributed by atoms with E-state index in [9.17, 15) is 9.59 Å². The number of carbonyl (C=O) groups is 2. The Kier molecular flexibility index (Phi) is 5.66. The first-order chi connectivity index (χ1) is 11.8. The fourth-order valence-electron chi connectivity index (χ4n) is 3.06. The molecule has 2 N–H and O–H groups in total. The van der Waals surface area contributed by atoms with Crippen LogP contribution in [0.1, 0.15) is 56.0 Å². The van der Waals surface area contributed by atoms with Crippen molar-refractivity contribution in [3.8, 4) is 0 Å². The van der Waals surface area contributed by atoms with E-state index in [-0.39, 0.29) is 5.91 Å². The lowest BCUT2D eigenvalue weighted by Crippen LogP contribution is -2.27. The number of hydrogen-bond donors (Lipinski definition) is 2. The van der Waals surface area contributed by atoms with Crippen LogP contribution in [0.5, 0.6) is 0 Å². The third kappa shape index (κ3) is 3.75. The molecule has 0 aliphatic carbocycles. The molecule has 7 heteroatoms. The molecule has 0 bridgehead atoms. The zero-order chi connectivity index (χ0) is 18.7. The molecule has 0 aliphatic heterocycles. The maximum atomic E-state index is 12.5. The molecule has 136 valence electrons. The second-order valence-corrected chi connectivity index (χ2v) is 6.12. The van der Waals surface area contributed by atoms with E-state index in [1.165, 1.54) is 0 Å². The van der Waals surface area contributed by atoms with Crippen LogP contribution < -0.4 is 5.32 Å². The van der Waals surface area contributed by atoms with Crippen molar-refractivity contribution in [2.75, 3.05) is 13.2 Å². The van der Waals surface area contributed by atoms with Gasteiger partial charge in [0.25, 0.3) is 5.91 Å². The maximum absolute atomic E-state index is 12.5. The van der Waals surface area contributed by atoms with Gasteiger partial charge >= 0.3 is 5.97 Å². The lowest BCUT2D eigenvalue weighted by atomic mass is 10.1. The molecular formula is C18H26N4O3. The number of aromatic amines is 1. The molecule has 0 atom stereocenters. The Labute approximate surface area is 147 Å². The standard InChI is InChI=1S/C18H26N4O3/c1-7-25-18(24)15-10(2)16(20-12(15)4)17(23)19-9-8-14-11(3)21-22(6)13(14)5/h20H,7-9H2,1-6H3,(H,19,23). The van der Waals surface area contributed by atoms with Crippen molar-refractivity contribution in [2.24, 2.45) is 7.05 Å². The van der Waals surface area contributed by atoms with Gasteiger partial charge in [-0.15, -0.1) is 0 Å². The first kappa shape index (κ1) is 18.8. The second kappa shape index (κ2) is 7.55. The number of ether oxygens (including phenoxy) is 1. The summed E-state index contributed by atoms with van der Waals surface area (Å²) in [6.45, 7) is 10.0. The molecule has 0 unspecified atom stereocenters. The third-order valence-electron chi connectivity index (χ3n) is 4.46. The molecular weight excluding hydrogens is 320 g/mol. The van der Waals surface area contributed by atoms with Crippen LogP contribution in [0.3, 0.4) is 0 Å². The minimum atomic E-state index is -0.408. The number of amides is 1. The highest BCUT2D eigenvalue weighted by Gasteiger charge is 2.22. The van der Waals surface area contributed by atoms with Gasteiger partial charge in [-0.2, -0.15) is 5.10 Å². The first-order valence-corrected chi connectivity index (χ1v) is 8.41. The molecule has 2 heterocycles. The molecule has 0 fully saturated rings. The first-order valence-electron chi connectivity index (χ1n) is 8.41. The molecule has 0 aliphatic rings. The summed E-state index contributed by atoms with van der Waals surface area (Å²) in [7, 11) is 1.91. The molecule has 0 spiro atoms. The Balaban J connectivity index is 2.06. The Bertz CT molecular complexity index is 802. The summed E-state index contributed by atoms with van der Waals surface area (Å²) >= 11 is 0. The predicted octanol–water partition coefficient (Wildman–Crippen LogP) is 2.13. The highest BCUT2D eigenvalue weighted by molar-refractivity contribution is 6.00. The number of rotatable bonds is 6. The molecule has 2 rings (SSSR count). The van der Waals surface area contributed by atoms with Crippen molar-refractivity contribution >= 4 is 11.9 Å². The summed E-state index contributed by atoms with van der Waals surface area (Å²) in [6, 6.07) is 0. The van der Waals surface area contributed by atoms with Crippen LogP contribution in [0.4, 0.5) is 0 Å². The monoisotopic (exact) mass is 346 g/mol. The highest BCUT2D eigenvalue weighted by Crippen LogP contribution is 2.19. The number of hydrogen-bond acceptors (Lipinski definition) is 4. The van der Waals surface area contributed by atoms with Gasteiger partial charge in [-0.25, -0.2) is 4.79 Å². The van der Waals surface area contributed by atoms with E-state index in [0.29, 0.717) is 42.1 Å². The summed E-state index contributed by atoms with van der Waals surface area (Å²) in [5, 5.41) is 7.28. The molecule has 2 aromatic heterocycles. The topological polar surface area (TPSA) is 89.0 Å². The lowest BCUT2D eigenvalue weighted by molar-refractivity contribution is 0.0525. The molecule has 0 aromatic carbocycles. The van der Waals surface area contributed by atoms with Gasteiger partial charge in [0, 0.05) is 25.0 Å². The van der Waals surface area contributed by atoms with Crippen LogP contribution in [-0.2, 0) is 18.2 Å². The van der Waals surface area contributed by atoms with Gasteiger partial charge in [0.2, 0.25) is 0 Å². The Morgan fingerprint density at radius 3 is 2.48 bits per heavy atom. The van der Waals surface area contributed by atoms with Crippen LogP contribution >= 0.6 is 0 Å². The number of carbonyl (C=O) groups excluding carboxylic acids is 2. The van der Waals surface area contributed by atoms with E-state index in [4.69, 9.17) is 4.74 Å². The van der Waals surface area contributed by atoms with Gasteiger partial charge in [-0.05, 0) is 52.2 Å². The van der Waals surface area contributed by atoms with Crippen molar-refractivity contribution in [1.29, 1.82) is 0 Å². The predicted molar refractivity (Wildman–Crippen MR) is 94.9 cm³/mol. The summed E-state index contributed by atoms with van der Waals surface area (Å²) in [5.41, 5.74) is 5.32. The maximum Gasteiger partial charge on any atom is 0.340 e. The van der Waals surface area contributed by atoms with Crippen LogP contribution in [0.25, 0.3) is 0 Å². The number of H-pyrrole nitrogens is 1. The van der Waals surface area contributed by atoms with Gasteiger partial charge in [0.1, 0.15) is 5.69 Å². The fourth-order valence-corrected chi connectivity index (χ4v) is 3.06. The fraction of sp³-hybridized carbons (Fsp3) is 0.500. The largest absolute Gasteiger partial charge is 0.462 e. The van der Waals surface area contributed by atoms with Gasteiger partial charge in [-0.1, -0.05) is 0 Å². The van der Waals surface area contributed by atoms with Crippen molar-refractivity contribution in [2.45, 2.75) is 41.0 Å². The zero-order valence-corrected chi connectivity index (χ0v) is 15.7. The van der Waals surface area contributed by atoms with Gasteiger partial charge in [-0.3, -0.25) is 9.48 Å². The van der Waals surface area contributed by atoms with Crippen LogP contribution in [-0.4, -0.2) is 39.8 Å². The van der Waals surface area contributed by atoms with Crippen molar-refractivity contribution in [1.82, 2.24) is 20.1 Å². The molecule has 0 radical (unpaired) electrons. The summed E-state index contributed by atoms with van der Waals surface area (Å²) in [6.07, 6.45) is 0.709. The average molecular weight is 346 g/mol. The SMILES string of the molecule is CCOC(=O)c1c(C)[nH]c(C(=O)NCCc2c(C)nn(C)c2C)c1C. The van der Waals surface area contributed by atoms with E-state index in [0.717, 1.165) is 17.0 Å². The molecule has 25 heavy (non-hydrogen) atoms. The molecule has 0 saturated carbocycles. The van der Waals surface area contributed by atoms with E-state index in [1.54, 1.807) is 20.8 Å². The van der Waals surface area contributed by atoms with E-state index >= 15 is 0 Å². The van der Waals surface area contributed by atoms with Crippen molar-refractivity contribution in [3.05, 3.63) is 39.5 Å². The van der Waals surface area contributed by atoms with Crippen LogP contribution in [0, 0.1) is 27.7 Å². The summed E-state index contributed by atoms with van der Waals surface area (Å²) in [5.74, 6) is -0.634. The van der Waals surface area contributed by atoms with Crippen LogP contribution in [0.2, 0.25) is 0 Å². The molecule has 7 nitrogen and oxygen atoms in total. The number of aromatic nitrogens is 3. The van der Waals surface area contributed by atoms with Gasteiger partial charge in [0.15, 0.2) is 0 Å². The number of nitrogens with zero attached hydrogens (tertiary/aromatic N) is 2. The normalized spacial score (nSPS) is 10.8. The zero-order valence-electron chi connectivity index (χ0n) is 15.7. The third-order valence-corrected chi connectivity index (χ3v) is 4.46. The Hall–Kier alpha value is -2.57. The smallest absolute Gasteiger partial charge is 0.340 e. The summed E-state index contributed by atoms with van der Waals surface area (Å²) in [4.78, 5) is 27.5. The number of esters is 1. The van der Waals surface area contributed by atoms with E-state index < -0.39 is 5.97 Å². The molecule has 1 amide bonds. The Morgan fingerprint density at radius 1 is 1.24 bits per heavy atom. The molecule has 0 saturated heterocycles. The van der Waals surface area contributed by atoms with E-state index in [1.807, 2.05) is 25.6 Å². The summed E-state index contributed by atoms with van der Waals surface area (Å²) < 4.78 is 6.89. The second-order valence-electron chi connectivity index (χ2n) is 6.12.